The van der Waals surface area contributed by atoms with Crippen LogP contribution in [0, 0.1) is 40.7 Å². The molecule has 0 atom stereocenters. The minimum Gasteiger partial charge on any atom is -0.496 e. The number of ether oxygens (including phenoxy) is 4. The van der Waals surface area contributed by atoms with Gasteiger partial charge >= 0.3 is 22.8 Å². The summed E-state index contributed by atoms with van der Waals surface area (Å²) in [6.07, 6.45) is 25.8. The van der Waals surface area contributed by atoms with Crippen LogP contribution in [0.15, 0.2) is 193 Å². The fourth-order valence-corrected chi connectivity index (χ4v) is 14.9. The Labute approximate surface area is 670 Å². The molecule has 3 aliphatic rings. The summed E-state index contributed by atoms with van der Waals surface area (Å²) in [5.74, 6) is -4.19. The maximum atomic E-state index is 14.6. The van der Waals surface area contributed by atoms with Crippen LogP contribution in [0.2, 0.25) is 0 Å². The average molecular weight is 1630 g/mol. The summed E-state index contributed by atoms with van der Waals surface area (Å²) < 4.78 is 134. The number of rotatable bonds is 12. The molecule has 0 amide bonds. The number of nitrogens with zero attached hydrogens (tertiary/aromatic N) is 21. The quantitative estimate of drug-likeness (QED) is 0.103. The molecule has 0 spiro atoms. The van der Waals surface area contributed by atoms with Gasteiger partial charge in [-0.15, -0.1) is 0 Å². The van der Waals surface area contributed by atoms with Crippen LogP contribution in [0.4, 0.5) is 30.7 Å². The molecule has 0 bridgehead atoms. The predicted molar refractivity (Wildman–Crippen MR) is 439 cm³/mol. The van der Waals surface area contributed by atoms with E-state index in [1.807, 2.05) is 48.7 Å². The molecular formula is C84H62F7N21O8. The molecule has 13 aromatic heterocycles. The van der Waals surface area contributed by atoms with Gasteiger partial charge in [0.05, 0.1) is 170 Å². The van der Waals surface area contributed by atoms with E-state index < -0.39 is 69.2 Å². The first kappa shape index (κ1) is 77.0. The second kappa shape index (κ2) is 30.5. The summed E-state index contributed by atoms with van der Waals surface area (Å²) in [5, 5.41) is 6.64. The zero-order valence-electron chi connectivity index (χ0n) is 64.7. The number of benzene rings is 4. The predicted octanol–water partition coefficient (Wildman–Crippen LogP) is 11.9. The van der Waals surface area contributed by atoms with Gasteiger partial charge in [-0.25, -0.2) is 78.6 Å². The van der Waals surface area contributed by atoms with E-state index in [0.717, 1.165) is 83.0 Å². The minimum atomic E-state index is -0.944. The highest BCUT2D eigenvalue weighted by atomic mass is 19.2. The molecule has 0 radical (unpaired) electrons. The van der Waals surface area contributed by atoms with Crippen LogP contribution in [-0.2, 0) is 35.2 Å². The SMILES string of the molecule is COc1cc2ncc3c(c2cc1-c1cnn(C)c1)n(-c1ncc(F)cc1F)c(=O)n3C.COc1cc2ncc3c(c2cc1C1=CCN=C1)n(-c1c(F)cncc1F)c(=O)n3C.COc1cc2ncc3c(c2cc1C1=CCN=C1)n(-c1ncc(F)cc1F)c(=O)n3C.COc1cc2ncc3c(c2cc1C1=CCN=C1)n(-c1ncccc1F)c(=O)n3C. The Balaban J connectivity index is 0.000000114. The van der Waals surface area contributed by atoms with Crippen molar-refractivity contribution in [1.29, 1.82) is 0 Å². The fraction of sp³-hybridized carbons (Fsp3) is 0.143. The third-order valence-electron chi connectivity index (χ3n) is 20.7. The number of methoxy groups -OCH3 is 4. The van der Waals surface area contributed by atoms with Gasteiger partial charge in [0.15, 0.2) is 46.5 Å². The molecule has 0 unspecified atom stereocenters. The molecule has 36 heteroatoms. The van der Waals surface area contributed by atoms with Crippen LogP contribution in [-0.4, -0.2) is 153 Å². The van der Waals surface area contributed by atoms with Crippen molar-refractivity contribution in [2.24, 2.45) is 50.2 Å². The highest BCUT2D eigenvalue weighted by Crippen LogP contribution is 2.41. The summed E-state index contributed by atoms with van der Waals surface area (Å²) in [6.45, 7) is 1.73. The summed E-state index contributed by atoms with van der Waals surface area (Å²) in [7, 11) is 14.3. The number of imidazole rings is 4. The molecule has 0 N–H and O–H groups in total. The number of aromatic nitrogens is 18. The van der Waals surface area contributed by atoms with E-state index in [1.165, 1.54) is 66.8 Å². The van der Waals surface area contributed by atoms with Gasteiger partial charge in [-0.1, -0.05) is 18.2 Å². The first-order chi connectivity index (χ1) is 58.0. The van der Waals surface area contributed by atoms with Gasteiger partial charge in [-0.3, -0.25) is 67.4 Å². The third-order valence-corrected chi connectivity index (χ3v) is 20.7. The second-order valence-corrected chi connectivity index (χ2v) is 27.5. The van der Waals surface area contributed by atoms with E-state index in [4.69, 9.17) is 18.9 Å². The molecule has 16 heterocycles. The Morgan fingerprint density at radius 2 is 0.700 bits per heavy atom. The lowest BCUT2D eigenvalue weighted by Crippen LogP contribution is -2.22. The smallest absolute Gasteiger partial charge is 0.334 e. The Bertz CT molecular complexity index is 7670. The first-order valence-electron chi connectivity index (χ1n) is 36.4. The molecular weight excluding hydrogens is 1560 g/mol. The van der Waals surface area contributed by atoms with E-state index >= 15 is 0 Å². The molecule has 4 aromatic carbocycles. The Morgan fingerprint density at radius 1 is 0.358 bits per heavy atom. The number of aryl methyl sites for hydroxylation is 5. The first-order valence-corrected chi connectivity index (χ1v) is 36.4. The van der Waals surface area contributed by atoms with Crippen molar-refractivity contribution in [2.75, 3.05) is 48.1 Å². The normalized spacial score (nSPS) is 12.9. The molecule has 29 nitrogen and oxygen atoms in total. The molecule has 0 fully saturated rings. The zero-order chi connectivity index (χ0) is 84.0. The number of fused-ring (bicyclic) bond motifs is 12. The summed E-state index contributed by atoms with van der Waals surface area (Å²) in [6, 6.07) is 18.6. The van der Waals surface area contributed by atoms with Crippen molar-refractivity contribution in [3.63, 3.8) is 0 Å². The van der Waals surface area contributed by atoms with Gasteiger partial charge in [-0.05, 0) is 36.4 Å². The van der Waals surface area contributed by atoms with E-state index in [9.17, 15) is 49.9 Å². The zero-order valence-corrected chi connectivity index (χ0v) is 64.7. The number of halogens is 7. The minimum absolute atomic E-state index is 0.0467. The van der Waals surface area contributed by atoms with Crippen LogP contribution >= 0.6 is 0 Å². The van der Waals surface area contributed by atoms with Gasteiger partial charge in [0.2, 0.25) is 0 Å². The highest BCUT2D eigenvalue weighted by molar-refractivity contribution is 6.18. The number of hydrogen-bond acceptors (Lipinski definition) is 20. The van der Waals surface area contributed by atoms with Gasteiger partial charge in [0, 0.05) is 169 Å². The lowest BCUT2D eigenvalue weighted by atomic mass is 10.0. The molecule has 0 saturated heterocycles. The third kappa shape index (κ3) is 12.9. The second-order valence-electron chi connectivity index (χ2n) is 27.5. The lowest BCUT2D eigenvalue weighted by Gasteiger charge is -2.12. The topological polar surface area (TPSA) is 303 Å². The number of pyridine rings is 8. The Morgan fingerprint density at radius 3 is 1.02 bits per heavy atom. The maximum absolute atomic E-state index is 14.6. The molecule has 0 aliphatic carbocycles. The van der Waals surface area contributed by atoms with E-state index in [-0.39, 0.29) is 17.5 Å². The number of aliphatic imine (C=N–C) groups is 3. The van der Waals surface area contributed by atoms with Crippen LogP contribution < -0.4 is 41.7 Å². The van der Waals surface area contributed by atoms with Crippen LogP contribution in [0.5, 0.6) is 23.0 Å². The fourth-order valence-electron chi connectivity index (χ4n) is 14.9. The van der Waals surface area contributed by atoms with Crippen molar-refractivity contribution >= 4 is 123 Å². The molecule has 3 aliphatic heterocycles. The van der Waals surface area contributed by atoms with Gasteiger partial charge < -0.3 is 18.9 Å². The van der Waals surface area contributed by atoms with Crippen molar-refractivity contribution in [3.8, 4) is 57.3 Å². The highest BCUT2D eigenvalue weighted by Gasteiger charge is 2.29. The van der Waals surface area contributed by atoms with Crippen LogP contribution in [0.1, 0.15) is 16.7 Å². The van der Waals surface area contributed by atoms with Crippen molar-refractivity contribution in [1.82, 2.24) is 86.2 Å². The van der Waals surface area contributed by atoms with Crippen LogP contribution in [0.25, 0.3) is 139 Å². The molecule has 0 saturated carbocycles. The summed E-state index contributed by atoms with van der Waals surface area (Å²) in [5.41, 5.74) is 9.97. The van der Waals surface area contributed by atoms with E-state index in [0.29, 0.717) is 143 Å². The standard InChI is InChI=1S/C21H16F2N6O2.2C21H15F2N5O2.C21H16FN5O2/c1-27-10-11(7-26-27)13-5-14-16(6-18(13)31-3)24-9-17-19(14)29(21(30)28(17)2)20-15(23)4-12(22)8-25-20;1-27-17-10-25-16-7-18(30-2)13(11-3-4-24-8-11)6-14(16)19(17)28(21(27)29)20-15(23)5-12(22)9-26-20;1-27-17-10-26-16-6-18(30-2)12(11-3-4-24-7-11)5-13(16)19(17)28(21(27)29)20-14(22)8-25-9-15(20)23;1-26-17-11-25-16-9-18(29-2)13(12-5-7-23-10-12)8-14(16)19(17)27(21(26)28)20-15(22)4-3-6-24-20/h4-10H,1-3H3;2*3,5-10H,4H2,1-2H3;3-6,8-11H,7H2,1-2H3. The van der Waals surface area contributed by atoms with Gasteiger partial charge in [0.25, 0.3) is 0 Å². The van der Waals surface area contributed by atoms with E-state index in [1.54, 1.807) is 117 Å². The molecule has 120 heavy (non-hydrogen) atoms. The molecule has 17 aromatic rings. The average Bonchev–Trinajstić information content (AvgIpc) is 1.57. The Hall–Kier alpha value is -15.7. The lowest BCUT2D eigenvalue weighted by molar-refractivity contribution is 0.414. The largest absolute Gasteiger partial charge is 0.496 e. The van der Waals surface area contributed by atoms with Crippen LogP contribution in [0.3, 0.4) is 0 Å². The summed E-state index contributed by atoms with van der Waals surface area (Å²) >= 11 is 0. The molecule has 20 rings (SSSR count). The Kier molecular flexibility index (Phi) is 19.6. The van der Waals surface area contributed by atoms with Crippen molar-refractivity contribution < 1.29 is 49.7 Å². The number of hydrogen-bond donors (Lipinski definition) is 0. The van der Waals surface area contributed by atoms with Gasteiger partial charge in [-0.2, -0.15) is 5.10 Å². The molecule has 600 valence electrons. The van der Waals surface area contributed by atoms with Crippen molar-refractivity contribution in [3.05, 3.63) is 259 Å². The van der Waals surface area contributed by atoms with E-state index in [2.05, 4.69) is 59.9 Å². The monoisotopic (exact) mass is 1630 g/mol. The van der Waals surface area contributed by atoms with Crippen molar-refractivity contribution in [2.45, 2.75) is 0 Å². The summed E-state index contributed by atoms with van der Waals surface area (Å²) in [4.78, 5) is 97.8. The maximum Gasteiger partial charge on any atom is 0.334 e. The number of allylic oxidation sites excluding steroid dienone is 3. The van der Waals surface area contributed by atoms with Gasteiger partial charge in [0.1, 0.15) is 40.3 Å².